The number of aliphatic carboxylic acids is 1. The van der Waals surface area contributed by atoms with E-state index in [0.717, 1.165) is 11.1 Å². The van der Waals surface area contributed by atoms with E-state index in [4.69, 9.17) is 10.8 Å². The number of likely N-dealkylation sites (N-methyl/N-ethyl adjacent to an activating group) is 1. The van der Waals surface area contributed by atoms with Crippen molar-refractivity contribution < 1.29 is 9.90 Å². The van der Waals surface area contributed by atoms with Gasteiger partial charge in [0.15, 0.2) is 0 Å². The van der Waals surface area contributed by atoms with Gasteiger partial charge in [-0.25, -0.2) is 0 Å². The van der Waals surface area contributed by atoms with Gasteiger partial charge in [0.2, 0.25) is 0 Å². The molecule has 0 aromatic heterocycles. The first-order valence-electron chi connectivity index (χ1n) is 6.45. The molecule has 0 aliphatic rings. The van der Waals surface area contributed by atoms with Crippen LogP contribution in [-0.2, 0) is 4.79 Å². The summed E-state index contributed by atoms with van der Waals surface area (Å²) in [5.41, 5.74) is 10.8. The normalized spacial score (nSPS) is 14.5. The average Bonchev–Trinajstić information content (AvgIpc) is 2.24. The van der Waals surface area contributed by atoms with Crippen LogP contribution >= 0.6 is 0 Å². The van der Waals surface area contributed by atoms with Gasteiger partial charge >= 0.3 is 5.97 Å². The highest BCUT2D eigenvalue weighted by molar-refractivity contribution is 5.67. The fourth-order valence-corrected chi connectivity index (χ4v) is 2.51. The summed E-state index contributed by atoms with van der Waals surface area (Å²) in [4.78, 5) is 12.9. The smallest absolute Gasteiger partial charge is 0.304 e. The number of benzene rings is 1. The summed E-state index contributed by atoms with van der Waals surface area (Å²) in [6.07, 6.45) is -0.0325. The minimum absolute atomic E-state index is 0.0325. The first kappa shape index (κ1) is 15.7. The van der Waals surface area contributed by atoms with Gasteiger partial charge in [-0.1, -0.05) is 12.1 Å². The third-order valence-electron chi connectivity index (χ3n) is 3.57. The quantitative estimate of drug-likeness (QED) is 0.854. The second-order valence-electron chi connectivity index (χ2n) is 5.46. The largest absolute Gasteiger partial charge is 0.481 e. The molecule has 4 nitrogen and oxygen atoms in total. The summed E-state index contributed by atoms with van der Waals surface area (Å²) in [6.45, 7) is 6.19. The van der Waals surface area contributed by atoms with Crippen molar-refractivity contribution in [3.05, 3.63) is 34.4 Å². The Morgan fingerprint density at radius 3 is 2.21 bits per heavy atom. The Labute approximate surface area is 115 Å². The molecule has 0 heterocycles. The van der Waals surface area contributed by atoms with Crippen LogP contribution in [0.25, 0.3) is 0 Å². The maximum absolute atomic E-state index is 10.9. The van der Waals surface area contributed by atoms with E-state index in [0.29, 0.717) is 0 Å². The van der Waals surface area contributed by atoms with Crippen molar-refractivity contribution in [2.75, 3.05) is 14.1 Å². The zero-order valence-electron chi connectivity index (χ0n) is 12.4. The standard InChI is InChI=1S/C15H24N2O2/c1-9-6-11(3)12(7-10(9)2)15(17(4)5)13(16)8-14(18)19/h6-7,13,15H,8,16H2,1-5H3,(H,18,19). The Balaban J connectivity index is 3.19. The lowest BCUT2D eigenvalue weighted by Crippen LogP contribution is -2.39. The lowest BCUT2D eigenvalue weighted by atomic mass is 9.90. The highest BCUT2D eigenvalue weighted by atomic mass is 16.4. The molecule has 106 valence electrons. The SMILES string of the molecule is Cc1cc(C)c(C(C(N)CC(=O)O)N(C)C)cc1C. The number of nitrogens with zero attached hydrogens (tertiary/aromatic N) is 1. The lowest BCUT2D eigenvalue weighted by molar-refractivity contribution is -0.137. The third kappa shape index (κ3) is 3.78. The van der Waals surface area contributed by atoms with E-state index in [9.17, 15) is 4.79 Å². The third-order valence-corrected chi connectivity index (χ3v) is 3.57. The Morgan fingerprint density at radius 2 is 1.74 bits per heavy atom. The fraction of sp³-hybridized carbons (Fsp3) is 0.533. The van der Waals surface area contributed by atoms with Gasteiger partial charge in [0, 0.05) is 6.04 Å². The van der Waals surface area contributed by atoms with Gasteiger partial charge in [-0.05, 0) is 57.1 Å². The van der Waals surface area contributed by atoms with Gasteiger partial charge in [-0.3, -0.25) is 4.79 Å². The first-order valence-corrected chi connectivity index (χ1v) is 6.45. The van der Waals surface area contributed by atoms with E-state index in [1.807, 2.05) is 25.9 Å². The molecule has 0 spiro atoms. The van der Waals surface area contributed by atoms with Crippen LogP contribution in [-0.4, -0.2) is 36.1 Å². The van der Waals surface area contributed by atoms with E-state index in [1.165, 1.54) is 11.1 Å². The molecule has 1 rings (SSSR count). The molecule has 1 aromatic carbocycles. The molecule has 0 radical (unpaired) electrons. The van der Waals surface area contributed by atoms with Crippen LogP contribution in [0.2, 0.25) is 0 Å². The Morgan fingerprint density at radius 1 is 1.21 bits per heavy atom. The molecule has 0 saturated heterocycles. The van der Waals surface area contributed by atoms with E-state index in [-0.39, 0.29) is 12.5 Å². The summed E-state index contributed by atoms with van der Waals surface area (Å²) >= 11 is 0. The zero-order chi connectivity index (χ0) is 14.7. The zero-order valence-corrected chi connectivity index (χ0v) is 12.4. The molecule has 19 heavy (non-hydrogen) atoms. The molecule has 4 heteroatoms. The maximum atomic E-state index is 10.9. The van der Waals surface area contributed by atoms with Gasteiger partial charge in [0.1, 0.15) is 0 Å². The lowest BCUT2D eigenvalue weighted by Gasteiger charge is -2.31. The molecule has 0 saturated carbocycles. The molecule has 0 bridgehead atoms. The van der Waals surface area contributed by atoms with E-state index < -0.39 is 12.0 Å². The van der Waals surface area contributed by atoms with Crippen LogP contribution in [0.4, 0.5) is 0 Å². The summed E-state index contributed by atoms with van der Waals surface area (Å²) in [7, 11) is 3.86. The van der Waals surface area contributed by atoms with Crippen molar-refractivity contribution in [3.8, 4) is 0 Å². The minimum Gasteiger partial charge on any atom is -0.481 e. The fourth-order valence-electron chi connectivity index (χ4n) is 2.51. The molecule has 1 aromatic rings. The average molecular weight is 264 g/mol. The number of rotatable bonds is 5. The van der Waals surface area contributed by atoms with Crippen LogP contribution in [0.15, 0.2) is 12.1 Å². The van der Waals surface area contributed by atoms with Gasteiger partial charge in [0.05, 0.1) is 12.5 Å². The summed E-state index contributed by atoms with van der Waals surface area (Å²) in [5.74, 6) is -0.860. The van der Waals surface area contributed by atoms with Crippen LogP contribution < -0.4 is 5.73 Å². The first-order chi connectivity index (χ1) is 8.73. The minimum atomic E-state index is -0.860. The molecule has 0 aliphatic heterocycles. The van der Waals surface area contributed by atoms with E-state index in [1.54, 1.807) is 0 Å². The van der Waals surface area contributed by atoms with Crippen LogP contribution in [0.5, 0.6) is 0 Å². The van der Waals surface area contributed by atoms with Crippen molar-refractivity contribution in [1.29, 1.82) is 0 Å². The topological polar surface area (TPSA) is 66.6 Å². The predicted molar refractivity (Wildman–Crippen MR) is 77.3 cm³/mol. The summed E-state index contributed by atoms with van der Waals surface area (Å²) in [5, 5.41) is 8.93. The Kier molecular flexibility index (Phi) is 5.09. The molecular formula is C15H24N2O2. The van der Waals surface area contributed by atoms with Crippen molar-refractivity contribution in [2.24, 2.45) is 5.73 Å². The Hall–Kier alpha value is -1.39. The number of carbonyl (C=O) groups is 1. The molecule has 2 atom stereocenters. The molecular weight excluding hydrogens is 240 g/mol. The monoisotopic (exact) mass is 264 g/mol. The highest BCUT2D eigenvalue weighted by Crippen LogP contribution is 2.28. The van der Waals surface area contributed by atoms with Gasteiger partial charge in [-0.2, -0.15) is 0 Å². The van der Waals surface area contributed by atoms with Crippen LogP contribution in [0.1, 0.15) is 34.7 Å². The summed E-state index contributed by atoms with van der Waals surface area (Å²) < 4.78 is 0. The summed E-state index contributed by atoms with van der Waals surface area (Å²) in [6, 6.07) is 3.75. The van der Waals surface area contributed by atoms with Crippen molar-refractivity contribution in [1.82, 2.24) is 4.90 Å². The molecule has 0 fully saturated rings. The number of hydrogen-bond acceptors (Lipinski definition) is 3. The van der Waals surface area contributed by atoms with Crippen LogP contribution in [0, 0.1) is 20.8 Å². The number of carboxylic acid groups (broad SMARTS) is 1. The van der Waals surface area contributed by atoms with E-state index >= 15 is 0 Å². The van der Waals surface area contributed by atoms with Gasteiger partial charge in [0.25, 0.3) is 0 Å². The number of aryl methyl sites for hydroxylation is 3. The molecule has 2 unspecified atom stereocenters. The number of nitrogens with two attached hydrogens (primary N) is 1. The van der Waals surface area contributed by atoms with Gasteiger partial charge < -0.3 is 15.7 Å². The molecule has 0 amide bonds. The van der Waals surface area contributed by atoms with Crippen molar-refractivity contribution in [2.45, 2.75) is 39.3 Å². The van der Waals surface area contributed by atoms with E-state index in [2.05, 4.69) is 26.0 Å². The van der Waals surface area contributed by atoms with Crippen molar-refractivity contribution >= 4 is 5.97 Å². The molecule has 0 aliphatic carbocycles. The second-order valence-corrected chi connectivity index (χ2v) is 5.46. The maximum Gasteiger partial charge on any atom is 0.304 e. The number of carboxylic acids is 1. The molecule has 3 N–H and O–H groups in total. The predicted octanol–water partition coefficient (Wildman–Crippen LogP) is 2.02. The van der Waals surface area contributed by atoms with Crippen LogP contribution in [0.3, 0.4) is 0 Å². The highest BCUT2D eigenvalue weighted by Gasteiger charge is 2.25. The van der Waals surface area contributed by atoms with Gasteiger partial charge in [-0.15, -0.1) is 0 Å². The van der Waals surface area contributed by atoms with Crippen molar-refractivity contribution in [3.63, 3.8) is 0 Å². The number of hydrogen-bond donors (Lipinski definition) is 2. The second kappa shape index (κ2) is 6.17. The Bertz CT molecular complexity index is 469.